The molecule has 0 aromatic carbocycles. The van der Waals surface area contributed by atoms with Gasteiger partial charge in [0, 0.05) is 30.7 Å². The summed E-state index contributed by atoms with van der Waals surface area (Å²) in [5, 5.41) is 14.7. The Morgan fingerprint density at radius 1 is 1.20 bits per heavy atom. The van der Waals surface area contributed by atoms with E-state index in [0.717, 1.165) is 5.57 Å². The average Bonchev–Trinajstić information content (AvgIpc) is 3.59. The molecule has 1 heterocycles. The summed E-state index contributed by atoms with van der Waals surface area (Å²) in [6.07, 6.45) is 7.31. The number of nitrogens with zero attached hydrogens (tertiary/aromatic N) is 3. The van der Waals surface area contributed by atoms with Gasteiger partial charge in [0.05, 0.1) is 11.8 Å². The summed E-state index contributed by atoms with van der Waals surface area (Å²) in [6.45, 7) is 16.6. The summed E-state index contributed by atoms with van der Waals surface area (Å²) in [6, 6.07) is 3.45. The van der Waals surface area contributed by atoms with Crippen LogP contribution in [0.15, 0.2) is 40.4 Å². The second kappa shape index (κ2) is 15.4. The molecule has 0 aliphatic heterocycles. The number of amides is 2. The maximum atomic E-state index is 12.8. The summed E-state index contributed by atoms with van der Waals surface area (Å²) in [5.74, 6) is -0.247. The normalized spacial score (nSPS) is 13.6. The van der Waals surface area contributed by atoms with Crippen LogP contribution in [0.4, 0.5) is 0 Å². The Morgan fingerprint density at radius 2 is 1.80 bits per heavy atom. The molecule has 8 heteroatoms. The first kappa shape index (κ1) is 31.5. The first-order valence-electron chi connectivity index (χ1n) is 12.2. The van der Waals surface area contributed by atoms with Gasteiger partial charge in [-0.05, 0) is 40.5 Å². The lowest BCUT2D eigenvalue weighted by molar-refractivity contribution is -0.122. The van der Waals surface area contributed by atoms with Gasteiger partial charge in [-0.15, -0.1) is 0 Å². The van der Waals surface area contributed by atoms with Gasteiger partial charge in [-0.3, -0.25) is 19.0 Å². The molecule has 0 saturated heterocycles. The number of aryl methyl sites for hydroxylation is 1. The zero-order valence-corrected chi connectivity index (χ0v) is 22.7. The van der Waals surface area contributed by atoms with Gasteiger partial charge in [0.15, 0.2) is 0 Å². The number of hydrogen-bond donors (Lipinski definition) is 2. The van der Waals surface area contributed by atoms with Crippen molar-refractivity contribution < 1.29 is 9.59 Å². The van der Waals surface area contributed by atoms with E-state index in [9.17, 15) is 14.4 Å². The van der Waals surface area contributed by atoms with E-state index >= 15 is 0 Å². The summed E-state index contributed by atoms with van der Waals surface area (Å²) in [5.41, 5.74) is 1.61. The standard InChI is InChI=1S/C23H29N5O3.2C2H6/c1-6-7-18(19(26-17(5)29)9-8-15(2)3)20-12-22(31)28(16(4)25-20)13-21(30)27-23(14-24)10-11-23;2*1-2/h6-8,12H,9-11,13H2,1-5H3,(H,26,29)(H,27,30);2*1-2H3/b7-6-,19-18-;;. The fraction of sp³-hybridized carbons (Fsp3) is 0.519. The summed E-state index contributed by atoms with van der Waals surface area (Å²) < 4.78 is 1.27. The van der Waals surface area contributed by atoms with Crippen molar-refractivity contribution in [2.75, 3.05) is 0 Å². The van der Waals surface area contributed by atoms with Crippen LogP contribution in [0.25, 0.3) is 5.57 Å². The Bertz CT molecular complexity index is 1060. The molecule has 2 rings (SSSR count). The molecular weight excluding hydrogens is 442 g/mol. The molecule has 35 heavy (non-hydrogen) atoms. The number of aromatic nitrogens is 2. The minimum atomic E-state index is -0.790. The molecule has 1 saturated carbocycles. The van der Waals surface area contributed by atoms with Crippen LogP contribution in [0.2, 0.25) is 0 Å². The maximum absolute atomic E-state index is 12.8. The highest BCUT2D eigenvalue weighted by atomic mass is 16.2. The quantitative estimate of drug-likeness (QED) is 0.415. The van der Waals surface area contributed by atoms with E-state index in [0.29, 0.717) is 42.1 Å². The second-order valence-electron chi connectivity index (χ2n) is 7.91. The van der Waals surface area contributed by atoms with Crippen LogP contribution in [0.1, 0.15) is 86.2 Å². The lowest BCUT2D eigenvalue weighted by atomic mass is 10.1. The van der Waals surface area contributed by atoms with Gasteiger partial charge in [0.1, 0.15) is 17.9 Å². The van der Waals surface area contributed by atoms with Gasteiger partial charge >= 0.3 is 0 Å². The van der Waals surface area contributed by atoms with Crippen LogP contribution in [0.3, 0.4) is 0 Å². The van der Waals surface area contributed by atoms with Gasteiger partial charge in [-0.1, -0.05) is 51.5 Å². The van der Waals surface area contributed by atoms with E-state index in [1.807, 2.05) is 60.6 Å². The molecule has 0 radical (unpaired) electrons. The molecule has 1 aromatic heterocycles. The third-order valence-electron chi connectivity index (χ3n) is 4.82. The van der Waals surface area contributed by atoms with Crippen molar-refractivity contribution in [2.45, 2.75) is 93.7 Å². The van der Waals surface area contributed by atoms with Crippen molar-refractivity contribution >= 4 is 17.4 Å². The molecule has 0 atom stereocenters. The van der Waals surface area contributed by atoms with Gasteiger partial charge in [-0.2, -0.15) is 5.26 Å². The molecule has 8 nitrogen and oxygen atoms in total. The van der Waals surface area contributed by atoms with Gasteiger partial charge in [0.2, 0.25) is 11.8 Å². The van der Waals surface area contributed by atoms with Crippen LogP contribution in [0.5, 0.6) is 0 Å². The van der Waals surface area contributed by atoms with Crippen LogP contribution >= 0.6 is 0 Å². The fourth-order valence-corrected chi connectivity index (χ4v) is 3.05. The van der Waals surface area contributed by atoms with E-state index in [4.69, 9.17) is 5.26 Å². The van der Waals surface area contributed by atoms with Crippen molar-refractivity contribution in [2.24, 2.45) is 0 Å². The molecule has 1 aliphatic carbocycles. The minimum absolute atomic E-state index is 0.208. The SMILES string of the molecule is C/C=C\C(=C(/CC=C(C)C)NC(C)=O)c1cc(=O)n(CC(=O)NC2(C#N)CC2)c(C)n1.CC.CC. The Hall–Kier alpha value is -3.47. The molecular formula is C27H41N5O3. The van der Waals surface area contributed by atoms with E-state index in [-0.39, 0.29) is 18.0 Å². The molecule has 0 bridgehead atoms. The fourth-order valence-electron chi connectivity index (χ4n) is 3.05. The predicted octanol–water partition coefficient (Wildman–Crippen LogP) is 4.56. The number of rotatable bonds is 8. The van der Waals surface area contributed by atoms with Gasteiger partial charge < -0.3 is 10.6 Å². The Morgan fingerprint density at radius 3 is 2.23 bits per heavy atom. The molecule has 2 N–H and O–H groups in total. The zero-order chi connectivity index (χ0) is 27.2. The van der Waals surface area contributed by atoms with E-state index < -0.39 is 11.4 Å². The minimum Gasteiger partial charge on any atom is -0.336 e. The zero-order valence-electron chi connectivity index (χ0n) is 22.7. The highest BCUT2D eigenvalue weighted by molar-refractivity contribution is 5.82. The van der Waals surface area contributed by atoms with E-state index in [1.54, 1.807) is 13.0 Å². The summed E-state index contributed by atoms with van der Waals surface area (Å²) in [4.78, 5) is 41.4. The molecule has 1 aromatic rings. The van der Waals surface area contributed by atoms with Crippen molar-refractivity contribution in [3.05, 3.63) is 57.4 Å². The summed E-state index contributed by atoms with van der Waals surface area (Å²) in [7, 11) is 0. The largest absolute Gasteiger partial charge is 0.336 e. The van der Waals surface area contributed by atoms with Crippen LogP contribution in [-0.2, 0) is 16.1 Å². The molecule has 1 aliphatic rings. The molecule has 0 spiro atoms. The lowest BCUT2D eigenvalue weighted by Gasteiger charge is -2.15. The van der Waals surface area contributed by atoms with Crippen molar-refractivity contribution in [1.29, 1.82) is 5.26 Å². The molecule has 192 valence electrons. The molecule has 2 amide bonds. The topological polar surface area (TPSA) is 117 Å². The van der Waals surface area contributed by atoms with Gasteiger partial charge in [-0.25, -0.2) is 4.98 Å². The number of nitriles is 1. The monoisotopic (exact) mass is 483 g/mol. The van der Waals surface area contributed by atoms with E-state index in [1.165, 1.54) is 17.6 Å². The summed E-state index contributed by atoms with van der Waals surface area (Å²) >= 11 is 0. The first-order chi connectivity index (χ1) is 16.6. The van der Waals surface area contributed by atoms with Crippen molar-refractivity contribution in [3.63, 3.8) is 0 Å². The van der Waals surface area contributed by atoms with Crippen LogP contribution in [-0.4, -0.2) is 26.9 Å². The number of hydrogen-bond acceptors (Lipinski definition) is 5. The van der Waals surface area contributed by atoms with E-state index in [2.05, 4.69) is 21.7 Å². The van der Waals surface area contributed by atoms with Gasteiger partial charge in [0.25, 0.3) is 5.56 Å². The van der Waals surface area contributed by atoms with Crippen LogP contribution < -0.4 is 16.2 Å². The Kier molecular flexibility index (Phi) is 13.9. The highest BCUT2D eigenvalue weighted by Gasteiger charge is 2.44. The van der Waals surface area contributed by atoms with Crippen molar-refractivity contribution in [3.8, 4) is 6.07 Å². The molecule has 0 unspecified atom stereocenters. The number of nitrogens with one attached hydrogen (secondary N) is 2. The number of allylic oxidation sites excluding steroid dienone is 5. The smallest absolute Gasteiger partial charge is 0.254 e. The number of carbonyl (C=O) groups excluding carboxylic acids is 2. The second-order valence-corrected chi connectivity index (χ2v) is 7.91. The first-order valence-corrected chi connectivity index (χ1v) is 12.2. The molecule has 1 fully saturated rings. The predicted molar refractivity (Wildman–Crippen MR) is 141 cm³/mol. The van der Waals surface area contributed by atoms with Crippen molar-refractivity contribution in [1.82, 2.24) is 20.2 Å². The average molecular weight is 484 g/mol. The maximum Gasteiger partial charge on any atom is 0.254 e. The lowest BCUT2D eigenvalue weighted by Crippen LogP contribution is -2.40. The van der Waals surface area contributed by atoms with Crippen LogP contribution in [0, 0.1) is 18.3 Å². The number of carbonyl (C=O) groups is 2. The Balaban J connectivity index is 0.00000274. The Labute approximate surface area is 209 Å². The third-order valence-corrected chi connectivity index (χ3v) is 4.82. The third kappa shape index (κ3) is 10.1. The highest BCUT2D eigenvalue weighted by Crippen LogP contribution is 2.34.